The van der Waals surface area contributed by atoms with Crippen molar-refractivity contribution in [3.63, 3.8) is 0 Å². The van der Waals surface area contributed by atoms with E-state index in [2.05, 4.69) is 0 Å². The number of carboxylic acid groups (broad SMARTS) is 1. The molecule has 0 aliphatic carbocycles. The number of carbonyl (C=O) groups is 1. The zero-order chi connectivity index (χ0) is 9.14. The van der Waals surface area contributed by atoms with Gasteiger partial charge in [-0.2, -0.15) is 0 Å². The van der Waals surface area contributed by atoms with Crippen molar-refractivity contribution in [1.82, 2.24) is 0 Å². The second-order valence-corrected chi connectivity index (χ2v) is 4.03. The third kappa shape index (κ3) is 2.32. The molecular formula is C8H11NO2S. The van der Waals surface area contributed by atoms with Gasteiger partial charge in [0.25, 0.3) is 0 Å². The van der Waals surface area contributed by atoms with Gasteiger partial charge in [-0.25, -0.2) is 0 Å². The van der Waals surface area contributed by atoms with Crippen molar-refractivity contribution < 1.29 is 9.90 Å². The van der Waals surface area contributed by atoms with Crippen molar-refractivity contribution in [1.29, 1.82) is 0 Å². The molecule has 12 heavy (non-hydrogen) atoms. The van der Waals surface area contributed by atoms with Crippen molar-refractivity contribution in [3.05, 3.63) is 21.9 Å². The number of rotatable bonds is 3. The average Bonchev–Trinajstić information content (AvgIpc) is 2.35. The zero-order valence-electron chi connectivity index (χ0n) is 6.78. The van der Waals surface area contributed by atoms with Crippen molar-refractivity contribution in [2.45, 2.75) is 19.4 Å². The van der Waals surface area contributed by atoms with Gasteiger partial charge in [-0.3, -0.25) is 4.79 Å². The van der Waals surface area contributed by atoms with Crippen LogP contribution in [0.25, 0.3) is 0 Å². The molecule has 0 bridgehead atoms. The van der Waals surface area contributed by atoms with E-state index in [0.29, 0.717) is 6.42 Å². The lowest BCUT2D eigenvalue weighted by atomic mass is 10.2. The van der Waals surface area contributed by atoms with Gasteiger partial charge in [0.15, 0.2) is 0 Å². The van der Waals surface area contributed by atoms with Crippen LogP contribution in [0.1, 0.15) is 9.75 Å². The molecule has 0 amide bonds. The lowest BCUT2D eigenvalue weighted by Gasteiger charge is -2.02. The van der Waals surface area contributed by atoms with Gasteiger partial charge in [-0.1, -0.05) is 0 Å². The van der Waals surface area contributed by atoms with E-state index in [1.165, 1.54) is 4.88 Å². The van der Waals surface area contributed by atoms with E-state index in [0.717, 1.165) is 4.88 Å². The third-order valence-corrected chi connectivity index (χ3v) is 2.56. The molecule has 0 saturated carbocycles. The SMILES string of the molecule is Cc1ccc(C[C@@H](N)C(=O)O)s1. The van der Waals surface area contributed by atoms with Crippen LogP contribution in [0.4, 0.5) is 0 Å². The highest BCUT2D eigenvalue weighted by Gasteiger charge is 2.12. The second-order valence-electron chi connectivity index (χ2n) is 2.66. The summed E-state index contributed by atoms with van der Waals surface area (Å²) in [5, 5.41) is 8.53. The van der Waals surface area contributed by atoms with Crippen LogP contribution < -0.4 is 5.73 Å². The minimum atomic E-state index is -0.943. The molecule has 1 heterocycles. The standard InChI is InChI=1S/C8H11NO2S/c1-5-2-3-6(12-5)4-7(9)8(10)11/h2-3,7H,4,9H2,1H3,(H,10,11)/t7-/m1/s1. The Balaban J connectivity index is 2.58. The second kappa shape index (κ2) is 3.69. The first-order chi connectivity index (χ1) is 5.59. The molecule has 0 aliphatic heterocycles. The summed E-state index contributed by atoms with van der Waals surface area (Å²) in [6.07, 6.45) is 0.424. The number of aliphatic carboxylic acids is 1. The van der Waals surface area contributed by atoms with Crippen molar-refractivity contribution >= 4 is 17.3 Å². The summed E-state index contributed by atoms with van der Waals surface area (Å²) in [5.74, 6) is -0.943. The molecule has 0 unspecified atom stereocenters. The Bertz CT molecular complexity index is 282. The van der Waals surface area contributed by atoms with Gasteiger partial charge < -0.3 is 10.8 Å². The maximum absolute atomic E-state index is 10.4. The molecule has 0 fully saturated rings. The third-order valence-electron chi connectivity index (χ3n) is 1.53. The van der Waals surface area contributed by atoms with Gasteiger partial charge in [0.2, 0.25) is 0 Å². The zero-order valence-corrected chi connectivity index (χ0v) is 7.60. The number of carboxylic acids is 1. The van der Waals surface area contributed by atoms with Gasteiger partial charge in [-0.05, 0) is 19.1 Å². The molecular weight excluding hydrogens is 174 g/mol. The number of thiophene rings is 1. The Hall–Kier alpha value is -0.870. The fraction of sp³-hybridized carbons (Fsp3) is 0.375. The highest BCUT2D eigenvalue weighted by molar-refractivity contribution is 7.11. The van der Waals surface area contributed by atoms with Crippen molar-refractivity contribution in [3.8, 4) is 0 Å². The van der Waals surface area contributed by atoms with Crippen LogP contribution in [-0.4, -0.2) is 17.1 Å². The first-order valence-electron chi connectivity index (χ1n) is 3.63. The Morgan fingerprint density at radius 2 is 2.42 bits per heavy atom. The van der Waals surface area contributed by atoms with E-state index >= 15 is 0 Å². The molecule has 3 nitrogen and oxygen atoms in total. The molecule has 3 N–H and O–H groups in total. The summed E-state index contributed by atoms with van der Waals surface area (Å²) in [7, 11) is 0. The number of hydrogen-bond acceptors (Lipinski definition) is 3. The van der Waals surface area contributed by atoms with Crippen LogP contribution in [0.3, 0.4) is 0 Å². The predicted octanol–water partition coefficient (Wildman–Crippen LogP) is 1.01. The van der Waals surface area contributed by atoms with Gasteiger partial charge in [0.1, 0.15) is 6.04 Å². The maximum Gasteiger partial charge on any atom is 0.320 e. The fourth-order valence-electron chi connectivity index (χ4n) is 0.899. The molecule has 0 aromatic carbocycles. The largest absolute Gasteiger partial charge is 0.480 e. The Morgan fingerprint density at radius 3 is 2.83 bits per heavy atom. The van der Waals surface area contributed by atoms with Gasteiger partial charge in [-0.15, -0.1) is 11.3 Å². The first kappa shape index (κ1) is 9.22. The monoisotopic (exact) mass is 185 g/mol. The molecule has 0 radical (unpaired) electrons. The molecule has 0 aliphatic rings. The predicted molar refractivity (Wildman–Crippen MR) is 48.4 cm³/mol. The normalized spacial score (nSPS) is 12.8. The fourth-order valence-corrected chi connectivity index (χ4v) is 1.85. The van der Waals surface area contributed by atoms with E-state index in [9.17, 15) is 4.79 Å². The van der Waals surface area contributed by atoms with Gasteiger partial charge in [0, 0.05) is 16.2 Å². The quantitative estimate of drug-likeness (QED) is 0.738. The van der Waals surface area contributed by atoms with E-state index in [1.54, 1.807) is 11.3 Å². The van der Waals surface area contributed by atoms with Crippen LogP contribution in [0.5, 0.6) is 0 Å². The average molecular weight is 185 g/mol. The summed E-state index contributed by atoms with van der Waals surface area (Å²) >= 11 is 1.59. The summed E-state index contributed by atoms with van der Waals surface area (Å²) in [4.78, 5) is 12.6. The molecule has 1 aromatic heterocycles. The Morgan fingerprint density at radius 1 is 1.75 bits per heavy atom. The van der Waals surface area contributed by atoms with E-state index in [4.69, 9.17) is 10.8 Å². The smallest absolute Gasteiger partial charge is 0.320 e. The van der Waals surface area contributed by atoms with Crippen LogP contribution in [0, 0.1) is 6.92 Å². The minimum Gasteiger partial charge on any atom is -0.480 e. The number of hydrogen-bond donors (Lipinski definition) is 2. The highest BCUT2D eigenvalue weighted by atomic mass is 32.1. The molecule has 4 heteroatoms. The topological polar surface area (TPSA) is 63.3 Å². The van der Waals surface area contributed by atoms with Crippen molar-refractivity contribution in [2.75, 3.05) is 0 Å². The summed E-state index contributed by atoms with van der Waals surface area (Å²) in [6.45, 7) is 1.99. The van der Waals surface area contributed by atoms with Crippen molar-refractivity contribution in [2.24, 2.45) is 5.73 Å². The summed E-state index contributed by atoms with van der Waals surface area (Å²) < 4.78 is 0. The number of nitrogens with two attached hydrogens (primary N) is 1. The molecule has 66 valence electrons. The van der Waals surface area contributed by atoms with E-state index < -0.39 is 12.0 Å². The van der Waals surface area contributed by atoms with E-state index in [-0.39, 0.29) is 0 Å². The number of aryl methyl sites for hydroxylation is 1. The first-order valence-corrected chi connectivity index (χ1v) is 4.45. The highest BCUT2D eigenvalue weighted by Crippen LogP contribution is 2.16. The molecule has 1 aromatic rings. The molecule has 0 spiro atoms. The van der Waals surface area contributed by atoms with Crippen LogP contribution in [0.15, 0.2) is 12.1 Å². The summed E-state index contributed by atoms with van der Waals surface area (Å²) in [6, 6.07) is 3.11. The van der Waals surface area contributed by atoms with Crippen LogP contribution in [-0.2, 0) is 11.2 Å². The Kier molecular flexibility index (Phi) is 2.83. The Labute approximate surface area is 74.8 Å². The van der Waals surface area contributed by atoms with Crippen LogP contribution >= 0.6 is 11.3 Å². The molecule has 0 saturated heterocycles. The summed E-state index contributed by atoms with van der Waals surface area (Å²) in [5.41, 5.74) is 5.36. The lowest BCUT2D eigenvalue weighted by Crippen LogP contribution is -2.31. The van der Waals surface area contributed by atoms with Crippen LogP contribution in [0.2, 0.25) is 0 Å². The molecule has 1 rings (SSSR count). The van der Waals surface area contributed by atoms with Gasteiger partial charge >= 0.3 is 5.97 Å². The lowest BCUT2D eigenvalue weighted by molar-refractivity contribution is -0.138. The van der Waals surface area contributed by atoms with E-state index in [1.807, 2.05) is 19.1 Å². The molecule has 1 atom stereocenters. The van der Waals surface area contributed by atoms with Gasteiger partial charge in [0.05, 0.1) is 0 Å². The maximum atomic E-state index is 10.4. The minimum absolute atomic E-state index is 0.424.